The number of benzene rings is 3. The van der Waals surface area contributed by atoms with E-state index in [4.69, 9.17) is 4.74 Å². The van der Waals surface area contributed by atoms with E-state index in [1.807, 2.05) is 19.3 Å². The third kappa shape index (κ3) is 5.34. The molecule has 0 heterocycles. The average molecular weight is 404 g/mol. The standard InChI is InChI=1S/C26H30NOP/c1-5-26(3,29-25-14-10-9-13-22(25)18-27-4)23-17-20(2)15-16-24(23)28-19-21-11-7-6-8-12-21/h6-18,29H,5,19H2,1-4H3/b27-18+. The van der Waals surface area contributed by atoms with Crippen molar-refractivity contribution < 1.29 is 4.74 Å². The average Bonchev–Trinajstić information content (AvgIpc) is 2.75. The van der Waals surface area contributed by atoms with Gasteiger partial charge in [-0.3, -0.25) is 4.99 Å². The van der Waals surface area contributed by atoms with Gasteiger partial charge in [-0.2, -0.15) is 0 Å². The lowest BCUT2D eigenvalue weighted by Gasteiger charge is -2.32. The van der Waals surface area contributed by atoms with Crippen molar-refractivity contribution in [2.75, 3.05) is 7.05 Å². The fourth-order valence-corrected chi connectivity index (χ4v) is 5.02. The molecule has 2 unspecified atom stereocenters. The van der Waals surface area contributed by atoms with Crippen molar-refractivity contribution in [1.82, 2.24) is 0 Å². The molecule has 0 N–H and O–H groups in total. The minimum Gasteiger partial charge on any atom is -0.489 e. The molecule has 0 fully saturated rings. The Bertz CT molecular complexity index is 967. The zero-order chi connectivity index (χ0) is 20.7. The van der Waals surface area contributed by atoms with Gasteiger partial charge in [-0.1, -0.05) is 94.7 Å². The zero-order valence-corrected chi connectivity index (χ0v) is 18.8. The van der Waals surface area contributed by atoms with E-state index in [0.717, 1.165) is 12.2 Å². The van der Waals surface area contributed by atoms with Crippen molar-refractivity contribution >= 4 is 20.1 Å². The van der Waals surface area contributed by atoms with E-state index in [9.17, 15) is 0 Å². The van der Waals surface area contributed by atoms with Crippen molar-refractivity contribution in [3.63, 3.8) is 0 Å². The van der Waals surface area contributed by atoms with Gasteiger partial charge in [-0.25, -0.2) is 0 Å². The quantitative estimate of drug-likeness (QED) is 0.322. The molecule has 0 aromatic heterocycles. The van der Waals surface area contributed by atoms with Gasteiger partial charge in [0.25, 0.3) is 0 Å². The van der Waals surface area contributed by atoms with Crippen LogP contribution in [-0.2, 0) is 11.8 Å². The lowest BCUT2D eigenvalue weighted by Crippen LogP contribution is -2.21. The molecule has 0 radical (unpaired) electrons. The first-order chi connectivity index (χ1) is 14.1. The molecule has 2 nitrogen and oxygen atoms in total. The van der Waals surface area contributed by atoms with Crippen LogP contribution in [0.5, 0.6) is 5.75 Å². The number of ether oxygens (including phenoxy) is 1. The Hall–Kier alpha value is -2.44. The van der Waals surface area contributed by atoms with Crippen molar-refractivity contribution in [3.8, 4) is 5.75 Å². The number of hydrogen-bond donors (Lipinski definition) is 0. The third-order valence-electron chi connectivity index (χ3n) is 5.31. The minimum absolute atomic E-state index is 0.00424. The molecule has 3 heteroatoms. The predicted molar refractivity (Wildman–Crippen MR) is 128 cm³/mol. The summed E-state index contributed by atoms with van der Waals surface area (Å²) >= 11 is 0. The molecule has 0 spiro atoms. The van der Waals surface area contributed by atoms with Crippen LogP contribution in [0.2, 0.25) is 0 Å². The Balaban J connectivity index is 1.94. The first kappa shape index (κ1) is 21.3. The predicted octanol–water partition coefficient (Wildman–Crippen LogP) is 6.25. The van der Waals surface area contributed by atoms with Crippen LogP contribution >= 0.6 is 8.58 Å². The van der Waals surface area contributed by atoms with E-state index in [-0.39, 0.29) is 5.16 Å². The van der Waals surface area contributed by atoms with Gasteiger partial charge >= 0.3 is 0 Å². The number of nitrogens with zero attached hydrogens (tertiary/aromatic N) is 1. The Morgan fingerprint density at radius 2 is 1.72 bits per heavy atom. The van der Waals surface area contributed by atoms with Crippen LogP contribution in [0.3, 0.4) is 0 Å². The van der Waals surface area contributed by atoms with E-state index < -0.39 is 0 Å². The lowest BCUT2D eigenvalue weighted by atomic mass is 9.95. The fraction of sp³-hybridized carbons (Fsp3) is 0.269. The minimum atomic E-state index is -0.00424. The normalized spacial score (nSPS) is 13.8. The van der Waals surface area contributed by atoms with Crippen molar-refractivity contribution in [1.29, 1.82) is 0 Å². The molecule has 3 aromatic rings. The second-order valence-corrected chi connectivity index (χ2v) is 9.45. The first-order valence-electron chi connectivity index (χ1n) is 10.1. The summed E-state index contributed by atoms with van der Waals surface area (Å²) in [6, 6.07) is 25.5. The number of hydrogen-bond acceptors (Lipinski definition) is 2. The second-order valence-electron chi connectivity index (χ2n) is 7.56. The van der Waals surface area contributed by atoms with Gasteiger partial charge in [0.1, 0.15) is 12.4 Å². The third-order valence-corrected chi connectivity index (χ3v) is 7.21. The summed E-state index contributed by atoms with van der Waals surface area (Å²) in [6.07, 6.45) is 3.00. The number of aliphatic imine (C=N–C) groups is 1. The van der Waals surface area contributed by atoms with Gasteiger partial charge < -0.3 is 4.74 Å². The van der Waals surface area contributed by atoms with E-state index >= 15 is 0 Å². The van der Waals surface area contributed by atoms with Crippen LogP contribution < -0.4 is 10.0 Å². The Kier molecular flexibility index (Phi) is 7.23. The van der Waals surface area contributed by atoms with Crippen LogP contribution in [0, 0.1) is 6.92 Å². The molecule has 3 rings (SSSR count). The topological polar surface area (TPSA) is 21.6 Å². The molecule has 0 saturated carbocycles. The van der Waals surface area contributed by atoms with Gasteiger partial charge in [-0.15, -0.1) is 0 Å². The highest BCUT2D eigenvalue weighted by Gasteiger charge is 2.29. The monoisotopic (exact) mass is 403 g/mol. The molecule has 0 aliphatic rings. The highest BCUT2D eigenvalue weighted by molar-refractivity contribution is 7.48. The Morgan fingerprint density at radius 3 is 2.45 bits per heavy atom. The molecule has 2 atom stereocenters. The van der Waals surface area contributed by atoms with Crippen LogP contribution in [-0.4, -0.2) is 13.3 Å². The zero-order valence-electron chi connectivity index (χ0n) is 17.8. The van der Waals surface area contributed by atoms with Crippen LogP contribution in [0.15, 0.2) is 77.8 Å². The highest BCUT2D eigenvalue weighted by atomic mass is 31.1. The summed E-state index contributed by atoms with van der Waals surface area (Å²) in [5.41, 5.74) is 4.94. The highest BCUT2D eigenvalue weighted by Crippen LogP contribution is 2.47. The molecular weight excluding hydrogens is 373 g/mol. The maximum atomic E-state index is 6.32. The van der Waals surface area contributed by atoms with Crippen molar-refractivity contribution in [3.05, 3.63) is 95.1 Å². The SMILES string of the molecule is CCC(C)(Pc1ccccc1/C=N/C)c1cc(C)ccc1OCc1ccccc1. The van der Waals surface area contributed by atoms with E-state index in [0.29, 0.717) is 15.2 Å². The maximum absolute atomic E-state index is 6.32. The Labute approximate surface area is 176 Å². The lowest BCUT2D eigenvalue weighted by molar-refractivity contribution is 0.299. The van der Waals surface area contributed by atoms with Crippen molar-refractivity contribution in [2.24, 2.45) is 4.99 Å². The molecule has 0 saturated heterocycles. The maximum Gasteiger partial charge on any atom is 0.123 e. The van der Waals surface area contributed by atoms with Crippen molar-refractivity contribution in [2.45, 2.75) is 39.0 Å². The van der Waals surface area contributed by atoms with E-state index in [1.165, 1.54) is 27.6 Å². The van der Waals surface area contributed by atoms with E-state index in [1.54, 1.807) is 0 Å². The van der Waals surface area contributed by atoms with Gasteiger partial charge in [-0.05, 0) is 35.8 Å². The van der Waals surface area contributed by atoms with Gasteiger partial charge in [0, 0.05) is 24.0 Å². The fourth-order valence-electron chi connectivity index (χ4n) is 3.44. The number of aryl methyl sites for hydroxylation is 1. The molecule has 0 bridgehead atoms. The van der Waals surface area contributed by atoms with Crippen LogP contribution in [0.1, 0.15) is 42.5 Å². The summed E-state index contributed by atoms with van der Waals surface area (Å²) < 4.78 is 6.32. The molecule has 3 aromatic carbocycles. The summed E-state index contributed by atoms with van der Waals surface area (Å²) in [5, 5.41) is 1.34. The summed E-state index contributed by atoms with van der Waals surface area (Å²) in [5.74, 6) is 0.984. The smallest absolute Gasteiger partial charge is 0.123 e. The van der Waals surface area contributed by atoms with E-state index in [2.05, 4.69) is 92.5 Å². The van der Waals surface area contributed by atoms with Crippen LogP contribution in [0.25, 0.3) is 0 Å². The second kappa shape index (κ2) is 9.85. The molecule has 150 valence electrons. The summed E-state index contributed by atoms with van der Waals surface area (Å²) in [7, 11) is 2.46. The molecular formula is C26H30NOP. The Morgan fingerprint density at radius 1 is 1.00 bits per heavy atom. The van der Waals surface area contributed by atoms with Gasteiger partial charge in [0.05, 0.1) is 0 Å². The summed E-state index contributed by atoms with van der Waals surface area (Å²) in [4.78, 5) is 4.24. The largest absolute Gasteiger partial charge is 0.489 e. The summed E-state index contributed by atoms with van der Waals surface area (Å²) in [6.45, 7) is 7.36. The number of rotatable bonds is 8. The molecule has 0 aliphatic heterocycles. The molecule has 0 amide bonds. The molecule has 0 aliphatic carbocycles. The van der Waals surface area contributed by atoms with Gasteiger partial charge in [0.2, 0.25) is 0 Å². The first-order valence-corrected chi connectivity index (χ1v) is 11.1. The molecule has 29 heavy (non-hydrogen) atoms. The van der Waals surface area contributed by atoms with Crippen LogP contribution in [0.4, 0.5) is 0 Å². The van der Waals surface area contributed by atoms with Gasteiger partial charge in [0.15, 0.2) is 0 Å².